The van der Waals surface area contributed by atoms with Crippen LogP contribution < -0.4 is 11.1 Å². The van der Waals surface area contributed by atoms with E-state index in [0.29, 0.717) is 5.69 Å². The van der Waals surface area contributed by atoms with E-state index < -0.39 is 9.84 Å². The second kappa shape index (κ2) is 4.70. The molecule has 0 saturated carbocycles. The third-order valence-corrected chi connectivity index (χ3v) is 4.51. The Balaban J connectivity index is 2.63. The number of nitrogen functional groups attached to an aromatic ring is 1. The van der Waals surface area contributed by atoms with Crippen molar-refractivity contribution in [3.8, 4) is 0 Å². The number of hydrogen-bond acceptors (Lipinski definition) is 4. The van der Waals surface area contributed by atoms with E-state index in [1.54, 1.807) is 49.5 Å². The van der Waals surface area contributed by atoms with Gasteiger partial charge >= 0.3 is 0 Å². The number of benzene rings is 2. The van der Waals surface area contributed by atoms with Crippen LogP contribution in [0.1, 0.15) is 0 Å². The number of nitrogens with two attached hydrogens (primary N) is 1. The predicted molar refractivity (Wildman–Crippen MR) is 72.3 cm³/mol. The summed E-state index contributed by atoms with van der Waals surface area (Å²) in [6.45, 7) is 0. The Bertz CT molecular complexity index is 652. The summed E-state index contributed by atoms with van der Waals surface area (Å²) in [7, 11) is -1.87. The molecule has 0 heterocycles. The number of sulfone groups is 1. The van der Waals surface area contributed by atoms with Crippen LogP contribution in [-0.2, 0) is 9.84 Å². The maximum absolute atomic E-state index is 12.4. The lowest BCUT2D eigenvalue weighted by molar-refractivity contribution is 0.596. The second-order valence-electron chi connectivity index (χ2n) is 3.78. The first kappa shape index (κ1) is 12.4. The van der Waals surface area contributed by atoms with E-state index in [1.165, 1.54) is 6.07 Å². The quantitative estimate of drug-likeness (QED) is 0.831. The molecule has 2 aromatic carbocycles. The summed E-state index contributed by atoms with van der Waals surface area (Å²) in [4.78, 5) is 0.366. The Labute approximate surface area is 106 Å². The maximum Gasteiger partial charge on any atom is 0.208 e. The molecule has 5 heteroatoms. The van der Waals surface area contributed by atoms with Crippen LogP contribution in [0.25, 0.3) is 0 Å². The molecule has 4 nitrogen and oxygen atoms in total. The Kier molecular flexibility index (Phi) is 3.25. The molecule has 3 N–H and O–H groups in total. The summed E-state index contributed by atoms with van der Waals surface area (Å²) in [5, 5.41) is 2.87. The third-order valence-electron chi connectivity index (χ3n) is 2.68. The summed E-state index contributed by atoms with van der Waals surface area (Å²) in [6, 6.07) is 13.2. The van der Waals surface area contributed by atoms with Crippen molar-refractivity contribution in [2.75, 3.05) is 18.1 Å². The van der Waals surface area contributed by atoms with Gasteiger partial charge in [-0.05, 0) is 24.3 Å². The Morgan fingerprint density at radius 3 is 2.28 bits per heavy atom. The minimum absolute atomic E-state index is 0.126. The summed E-state index contributed by atoms with van der Waals surface area (Å²) in [6.07, 6.45) is 0. The first-order valence-electron chi connectivity index (χ1n) is 5.43. The van der Waals surface area contributed by atoms with Gasteiger partial charge in [0.05, 0.1) is 21.2 Å². The van der Waals surface area contributed by atoms with Crippen molar-refractivity contribution in [2.24, 2.45) is 0 Å². The van der Waals surface area contributed by atoms with E-state index in [4.69, 9.17) is 5.73 Å². The number of para-hydroxylation sites is 1. The summed E-state index contributed by atoms with van der Waals surface area (Å²) >= 11 is 0. The molecular formula is C13H14N2O2S. The van der Waals surface area contributed by atoms with Gasteiger partial charge in [-0.2, -0.15) is 0 Å². The molecule has 0 radical (unpaired) electrons. The van der Waals surface area contributed by atoms with Crippen molar-refractivity contribution in [2.45, 2.75) is 9.79 Å². The topological polar surface area (TPSA) is 72.2 Å². The van der Waals surface area contributed by atoms with Crippen LogP contribution in [0.4, 0.5) is 11.4 Å². The molecule has 0 amide bonds. The van der Waals surface area contributed by atoms with E-state index in [0.717, 1.165) is 0 Å². The lowest BCUT2D eigenvalue weighted by Gasteiger charge is -2.11. The van der Waals surface area contributed by atoms with Crippen molar-refractivity contribution in [1.29, 1.82) is 0 Å². The fraction of sp³-hybridized carbons (Fsp3) is 0.0769. The highest BCUT2D eigenvalue weighted by molar-refractivity contribution is 7.91. The zero-order valence-corrected chi connectivity index (χ0v) is 10.7. The van der Waals surface area contributed by atoms with Crippen molar-refractivity contribution in [1.82, 2.24) is 0 Å². The van der Waals surface area contributed by atoms with Crippen molar-refractivity contribution in [3.63, 3.8) is 0 Å². The van der Waals surface area contributed by atoms with Crippen LogP contribution in [-0.4, -0.2) is 15.5 Å². The number of rotatable bonds is 3. The minimum atomic E-state index is -3.57. The van der Waals surface area contributed by atoms with Gasteiger partial charge in [0.25, 0.3) is 0 Å². The van der Waals surface area contributed by atoms with Crippen LogP contribution in [0, 0.1) is 0 Å². The van der Waals surface area contributed by atoms with Gasteiger partial charge in [-0.25, -0.2) is 8.42 Å². The third kappa shape index (κ3) is 2.04. The van der Waals surface area contributed by atoms with Gasteiger partial charge in [-0.1, -0.05) is 24.3 Å². The van der Waals surface area contributed by atoms with Gasteiger partial charge in [0, 0.05) is 7.05 Å². The highest BCUT2D eigenvalue weighted by Gasteiger charge is 2.21. The van der Waals surface area contributed by atoms with E-state index in [-0.39, 0.29) is 15.5 Å². The molecule has 0 bridgehead atoms. The van der Waals surface area contributed by atoms with Crippen LogP contribution in [0.5, 0.6) is 0 Å². The monoisotopic (exact) mass is 262 g/mol. The first-order valence-corrected chi connectivity index (χ1v) is 6.92. The molecule has 0 atom stereocenters. The van der Waals surface area contributed by atoms with Gasteiger partial charge in [0.15, 0.2) is 0 Å². The SMILES string of the molecule is CNc1cccc(S(=O)(=O)c2ccccc2)c1N. The molecule has 0 aromatic heterocycles. The molecule has 0 fully saturated rings. The molecule has 0 aliphatic heterocycles. The minimum Gasteiger partial charge on any atom is -0.396 e. The Morgan fingerprint density at radius 1 is 1.00 bits per heavy atom. The molecular weight excluding hydrogens is 248 g/mol. The van der Waals surface area contributed by atoms with E-state index >= 15 is 0 Å². The van der Waals surface area contributed by atoms with E-state index in [1.807, 2.05) is 0 Å². The van der Waals surface area contributed by atoms with Crippen LogP contribution >= 0.6 is 0 Å². The number of nitrogens with one attached hydrogen (secondary N) is 1. The molecule has 0 aliphatic carbocycles. The van der Waals surface area contributed by atoms with Gasteiger partial charge in [-0.15, -0.1) is 0 Å². The van der Waals surface area contributed by atoms with Gasteiger partial charge in [0.1, 0.15) is 0 Å². The molecule has 94 valence electrons. The highest BCUT2D eigenvalue weighted by atomic mass is 32.2. The molecule has 0 aliphatic rings. The summed E-state index contributed by atoms with van der Waals surface area (Å²) in [5.74, 6) is 0. The Hall–Kier alpha value is -2.01. The largest absolute Gasteiger partial charge is 0.396 e. The second-order valence-corrected chi connectivity index (χ2v) is 5.70. The lowest BCUT2D eigenvalue weighted by Crippen LogP contribution is -2.07. The molecule has 2 rings (SSSR count). The molecule has 2 aromatic rings. The van der Waals surface area contributed by atoms with Crippen molar-refractivity contribution < 1.29 is 8.42 Å². The smallest absolute Gasteiger partial charge is 0.208 e. The van der Waals surface area contributed by atoms with Crippen LogP contribution in [0.15, 0.2) is 58.3 Å². The molecule has 0 spiro atoms. The average molecular weight is 262 g/mol. The van der Waals surface area contributed by atoms with Crippen molar-refractivity contribution in [3.05, 3.63) is 48.5 Å². The number of hydrogen-bond donors (Lipinski definition) is 2. The zero-order valence-electron chi connectivity index (χ0n) is 9.92. The molecule has 0 saturated heterocycles. The molecule has 0 unspecified atom stereocenters. The standard InChI is InChI=1S/C13H14N2O2S/c1-15-11-8-5-9-12(13(11)14)18(16,17)10-6-3-2-4-7-10/h2-9,15H,14H2,1H3. The van der Waals surface area contributed by atoms with Gasteiger partial charge < -0.3 is 11.1 Å². The van der Waals surface area contributed by atoms with E-state index in [2.05, 4.69) is 5.32 Å². The van der Waals surface area contributed by atoms with Gasteiger partial charge in [0.2, 0.25) is 9.84 Å². The predicted octanol–water partition coefficient (Wildman–Crippen LogP) is 2.14. The van der Waals surface area contributed by atoms with Crippen LogP contribution in [0.2, 0.25) is 0 Å². The molecule has 18 heavy (non-hydrogen) atoms. The fourth-order valence-corrected chi connectivity index (χ4v) is 3.15. The highest BCUT2D eigenvalue weighted by Crippen LogP contribution is 2.30. The normalized spacial score (nSPS) is 11.2. The lowest BCUT2D eigenvalue weighted by atomic mass is 10.3. The first-order chi connectivity index (χ1) is 8.57. The number of anilines is 2. The average Bonchev–Trinajstić information content (AvgIpc) is 2.40. The Morgan fingerprint density at radius 2 is 1.67 bits per heavy atom. The van der Waals surface area contributed by atoms with Crippen molar-refractivity contribution >= 4 is 21.2 Å². The summed E-state index contributed by atoms with van der Waals surface area (Å²) < 4.78 is 24.8. The van der Waals surface area contributed by atoms with Gasteiger partial charge in [-0.3, -0.25) is 0 Å². The maximum atomic E-state index is 12.4. The van der Waals surface area contributed by atoms with E-state index in [9.17, 15) is 8.42 Å². The summed E-state index contributed by atoms with van der Waals surface area (Å²) in [5.41, 5.74) is 6.72. The fourth-order valence-electron chi connectivity index (χ4n) is 1.72. The van der Waals surface area contributed by atoms with Crippen LogP contribution in [0.3, 0.4) is 0 Å². The zero-order chi connectivity index (χ0) is 13.2.